The number of rotatable bonds is 5. The van der Waals surface area contributed by atoms with Gasteiger partial charge in [-0.1, -0.05) is 25.1 Å². The van der Waals surface area contributed by atoms with E-state index in [0.29, 0.717) is 24.7 Å². The minimum atomic E-state index is -0.438. The lowest BCUT2D eigenvalue weighted by atomic mass is 10.00. The van der Waals surface area contributed by atoms with Crippen molar-refractivity contribution in [3.8, 4) is 5.75 Å². The normalized spacial score (nSPS) is 19.3. The Labute approximate surface area is 183 Å². The molecule has 2 amide bonds. The van der Waals surface area contributed by atoms with Crippen LogP contribution in [0.4, 0.5) is 10.6 Å². The highest BCUT2D eigenvalue weighted by Gasteiger charge is 2.31. The summed E-state index contributed by atoms with van der Waals surface area (Å²) in [5.74, 6) is 1.37. The van der Waals surface area contributed by atoms with Crippen LogP contribution in [-0.4, -0.2) is 42.1 Å². The van der Waals surface area contributed by atoms with Crippen LogP contribution >= 0.6 is 0 Å². The lowest BCUT2D eigenvalue weighted by Crippen LogP contribution is -2.39. The van der Waals surface area contributed by atoms with Crippen LogP contribution in [-0.2, 0) is 22.5 Å². The SMILES string of the molecule is COC(C)c1nc2c(cc1CN1CCC(C)C1=O)CCCN2C(=O)Oc1ccccc1. The second-order valence-corrected chi connectivity index (χ2v) is 8.28. The maximum absolute atomic E-state index is 12.9. The van der Waals surface area contributed by atoms with E-state index in [1.165, 1.54) is 0 Å². The number of hydrogen-bond acceptors (Lipinski definition) is 5. The number of benzene rings is 1. The Morgan fingerprint density at radius 1 is 1.26 bits per heavy atom. The van der Waals surface area contributed by atoms with Crippen molar-refractivity contribution in [1.29, 1.82) is 0 Å². The highest BCUT2D eigenvalue weighted by Crippen LogP contribution is 2.32. The summed E-state index contributed by atoms with van der Waals surface area (Å²) in [7, 11) is 1.64. The number of anilines is 1. The molecule has 0 bridgehead atoms. The first-order chi connectivity index (χ1) is 15.0. The molecule has 3 heterocycles. The van der Waals surface area contributed by atoms with Crippen molar-refractivity contribution in [3.05, 3.63) is 53.2 Å². The molecule has 1 aromatic heterocycles. The minimum absolute atomic E-state index is 0.0668. The molecule has 1 saturated heterocycles. The monoisotopic (exact) mass is 423 g/mol. The van der Waals surface area contributed by atoms with Crippen LogP contribution in [0.3, 0.4) is 0 Å². The number of amides is 2. The summed E-state index contributed by atoms with van der Waals surface area (Å²) in [6.45, 7) is 5.73. The third-order valence-electron chi connectivity index (χ3n) is 6.11. The van der Waals surface area contributed by atoms with Crippen molar-refractivity contribution in [1.82, 2.24) is 9.88 Å². The number of likely N-dealkylation sites (tertiary alicyclic amines) is 1. The molecule has 1 fully saturated rings. The number of aryl methyl sites for hydroxylation is 1. The number of ether oxygens (including phenoxy) is 2. The van der Waals surface area contributed by atoms with Gasteiger partial charge in [0.2, 0.25) is 5.91 Å². The van der Waals surface area contributed by atoms with E-state index in [4.69, 9.17) is 14.5 Å². The second-order valence-electron chi connectivity index (χ2n) is 8.28. The lowest BCUT2D eigenvalue weighted by Gasteiger charge is -2.30. The number of nitrogens with zero attached hydrogens (tertiary/aromatic N) is 3. The molecule has 164 valence electrons. The van der Waals surface area contributed by atoms with E-state index >= 15 is 0 Å². The Morgan fingerprint density at radius 3 is 2.71 bits per heavy atom. The molecule has 0 saturated carbocycles. The topological polar surface area (TPSA) is 72.0 Å². The molecule has 2 aromatic rings. The number of aromatic nitrogens is 1. The first-order valence-corrected chi connectivity index (χ1v) is 10.9. The predicted octanol–water partition coefficient (Wildman–Crippen LogP) is 4.11. The summed E-state index contributed by atoms with van der Waals surface area (Å²) >= 11 is 0. The minimum Gasteiger partial charge on any atom is -0.410 e. The highest BCUT2D eigenvalue weighted by molar-refractivity contribution is 5.89. The van der Waals surface area contributed by atoms with Crippen LogP contribution < -0.4 is 9.64 Å². The van der Waals surface area contributed by atoms with Crippen LogP contribution in [0.5, 0.6) is 5.75 Å². The van der Waals surface area contributed by atoms with E-state index < -0.39 is 6.09 Å². The molecule has 2 aliphatic rings. The largest absolute Gasteiger partial charge is 0.420 e. The van der Waals surface area contributed by atoms with E-state index in [9.17, 15) is 9.59 Å². The third-order valence-corrected chi connectivity index (χ3v) is 6.11. The number of carbonyl (C=O) groups excluding carboxylic acids is 2. The quantitative estimate of drug-likeness (QED) is 0.724. The van der Waals surface area contributed by atoms with Gasteiger partial charge < -0.3 is 14.4 Å². The zero-order chi connectivity index (χ0) is 22.0. The van der Waals surface area contributed by atoms with E-state index in [-0.39, 0.29) is 17.9 Å². The molecule has 0 aliphatic carbocycles. The molecule has 0 N–H and O–H groups in total. The van der Waals surface area contributed by atoms with Crippen LogP contribution in [0.2, 0.25) is 0 Å². The summed E-state index contributed by atoms with van der Waals surface area (Å²) in [5.41, 5.74) is 2.74. The number of carbonyl (C=O) groups is 2. The van der Waals surface area contributed by atoms with E-state index in [1.54, 1.807) is 24.1 Å². The fourth-order valence-electron chi connectivity index (χ4n) is 4.23. The lowest BCUT2D eigenvalue weighted by molar-refractivity contribution is -0.131. The Bertz CT molecular complexity index is 963. The molecule has 4 rings (SSSR count). The van der Waals surface area contributed by atoms with Gasteiger partial charge in [0.15, 0.2) is 0 Å². The van der Waals surface area contributed by atoms with Crippen LogP contribution in [0.25, 0.3) is 0 Å². The van der Waals surface area contributed by atoms with Crippen molar-refractivity contribution < 1.29 is 19.1 Å². The molecule has 0 spiro atoms. The van der Waals surface area contributed by atoms with Gasteiger partial charge in [0.25, 0.3) is 0 Å². The van der Waals surface area contributed by atoms with Crippen molar-refractivity contribution in [3.63, 3.8) is 0 Å². The molecule has 2 aliphatic heterocycles. The molecule has 0 radical (unpaired) electrons. The predicted molar refractivity (Wildman–Crippen MR) is 117 cm³/mol. The second kappa shape index (κ2) is 9.06. The maximum atomic E-state index is 12.9. The van der Waals surface area contributed by atoms with Gasteiger partial charge in [-0.2, -0.15) is 0 Å². The van der Waals surface area contributed by atoms with Gasteiger partial charge in [0, 0.05) is 32.7 Å². The number of para-hydroxylation sites is 1. The fourth-order valence-corrected chi connectivity index (χ4v) is 4.23. The summed E-state index contributed by atoms with van der Waals surface area (Å²) in [4.78, 5) is 33.7. The molecule has 7 nitrogen and oxygen atoms in total. The Kier molecular flexibility index (Phi) is 6.23. The van der Waals surface area contributed by atoms with Gasteiger partial charge in [-0.25, -0.2) is 9.78 Å². The molecule has 7 heteroatoms. The van der Waals surface area contributed by atoms with Crippen LogP contribution in [0.1, 0.15) is 49.6 Å². The fraction of sp³-hybridized carbons (Fsp3) is 0.458. The zero-order valence-corrected chi connectivity index (χ0v) is 18.3. The van der Waals surface area contributed by atoms with Crippen LogP contribution in [0, 0.1) is 5.92 Å². The zero-order valence-electron chi connectivity index (χ0n) is 18.3. The molecule has 2 atom stereocenters. The van der Waals surface area contributed by atoms with Gasteiger partial charge in [-0.15, -0.1) is 0 Å². The average Bonchev–Trinajstić information content (AvgIpc) is 3.10. The molecule has 2 unspecified atom stereocenters. The van der Waals surface area contributed by atoms with Gasteiger partial charge in [-0.05, 0) is 55.5 Å². The molecule has 1 aromatic carbocycles. The van der Waals surface area contributed by atoms with Crippen molar-refractivity contribution >= 4 is 17.8 Å². The van der Waals surface area contributed by atoms with Gasteiger partial charge in [0.1, 0.15) is 11.6 Å². The van der Waals surface area contributed by atoms with Crippen molar-refractivity contribution in [2.24, 2.45) is 5.92 Å². The first kappa shape index (κ1) is 21.3. The summed E-state index contributed by atoms with van der Waals surface area (Å²) < 4.78 is 11.1. The van der Waals surface area contributed by atoms with Crippen molar-refractivity contribution in [2.75, 3.05) is 25.1 Å². The van der Waals surface area contributed by atoms with Gasteiger partial charge in [0.05, 0.1) is 11.8 Å². The maximum Gasteiger partial charge on any atom is 0.420 e. The summed E-state index contributed by atoms with van der Waals surface area (Å²) in [5, 5.41) is 0. The Balaban J connectivity index is 1.65. The van der Waals surface area contributed by atoms with Gasteiger partial charge >= 0.3 is 6.09 Å². The molecular formula is C24H29N3O4. The Hall–Kier alpha value is -2.93. The number of pyridine rings is 1. The average molecular weight is 424 g/mol. The first-order valence-electron chi connectivity index (χ1n) is 10.9. The van der Waals surface area contributed by atoms with E-state index in [2.05, 4.69) is 6.07 Å². The van der Waals surface area contributed by atoms with Crippen molar-refractivity contribution in [2.45, 2.75) is 45.8 Å². The standard InChI is InChI=1S/C24H29N3O4/c1-16-11-13-26(23(16)28)15-19-14-18-8-7-12-27(22(18)25-21(19)17(2)30-3)24(29)31-20-9-5-4-6-10-20/h4-6,9-10,14,16-17H,7-8,11-13,15H2,1-3H3. The molecule has 31 heavy (non-hydrogen) atoms. The van der Waals surface area contributed by atoms with Gasteiger partial charge in [-0.3, -0.25) is 9.69 Å². The van der Waals surface area contributed by atoms with E-state index in [1.807, 2.05) is 36.9 Å². The summed E-state index contributed by atoms with van der Waals surface area (Å²) in [6.07, 6.45) is 1.84. The van der Waals surface area contributed by atoms with E-state index in [0.717, 1.165) is 42.6 Å². The van der Waals surface area contributed by atoms with Crippen LogP contribution in [0.15, 0.2) is 36.4 Å². The Morgan fingerprint density at radius 2 is 2.03 bits per heavy atom. The smallest absolute Gasteiger partial charge is 0.410 e. The number of hydrogen-bond donors (Lipinski definition) is 0. The number of methoxy groups -OCH3 is 1. The summed E-state index contributed by atoms with van der Waals surface area (Å²) in [6, 6.07) is 11.1. The third kappa shape index (κ3) is 4.42. The highest BCUT2D eigenvalue weighted by atomic mass is 16.6. The number of fused-ring (bicyclic) bond motifs is 1. The molecular weight excluding hydrogens is 394 g/mol.